The minimum absolute atomic E-state index is 0.00855. The summed E-state index contributed by atoms with van der Waals surface area (Å²) in [5, 5.41) is 0.116. The summed E-state index contributed by atoms with van der Waals surface area (Å²) in [6.07, 6.45) is 1.63. The third-order valence-electron chi connectivity index (χ3n) is 7.84. The second kappa shape index (κ2) is 12.4. The van der Waals surface area contributed by atoms with Crippen molar-refractivity contribution in [2.75, 3.05) is 19.8 Å². The fourth-order valence-corrected chi connectivity index (χ4v) is 5.89. The van der Waals surface area contributed by atoms with Gasteiger partial charge in [-0.1, -0.05) is 69.3 Å². The molecule has 4 rings (SSSR count). The lowest BCUT2D eigenvalue weighted by molar-refractivity contribution is 0.0525. The lowest BCUT2D eigenvalue weighted by Gasteiger charge is -2.43. The van der Waals surface area contributed by atoms with Gasteiger partial charge in [0, 0.05) is 17.9 Å². The van der Waals surface area contributed by atoms with Gasteiger partial charge < -0.3 is 18.6 Å². The second-order valence-corrected chi connectivity index (χ2v) is 16.5. The molecule has 3 aromatic rings. The zero-order chi connectivity index (χ0) is 28.0. The van der Waals surface area contributed by atoms with Gasteiger partial charge in [0.2, 0.25) is 0 Å². The van der Waals surface area contributed by atoms with E-state index in [2.05, 4.69) is 82.4 Å². The van der Waals surface area contributed by atoms with Gasteiger partial charge in [0.25, 0.3) is 0 Å². The molecule has 0 bridgehead atoms. The van der Waals surface area contributed by atoms with Crippen molar-refractivity contribution in [2.45, 2.75) is 64.8 Å². The lowest BCUT2D eigenvalue weighted by atomic mass is 9.87. The van der Waals surface area contributed by atoms with Crippen LogP contribution < -0.4 is 9.47 Å². The van der Waals surface area contributed by atoms with Gasteiger partial charge in [0.1, 0.15) is 11.5 Å². The Bertz CT molecular complexity index is 1250. The zero-order valence-corrected chi connectivity index (χ0v) is 25.2. The fourth-order valence-electron chi connectivity index (χ4n) is 4.58. The Hall–Kier alpha value is -3.09. The van der Waals surface area contributed by atoms with Crippen LogP contribution in [0.5, 0.6) is 11.5 Å². The number of carbonyl (C=O) groups is 1. The monoisotopic (exact) mass is 546 g/mol. The van der Waals surface area contributed by atoms with Crippen LogP contribution in [-0.4, -0.2) is 34.1 Å². The van der Waals surface area contributed by atoms with Gasteiger partial charge in [-0.25, -0.2) is 4.79 Å². The normalized spacial score (nSPS) is 17.2. The summed E-state index contributed by atoms with van der Waals surface area (Å²) in [7, 11) is -2.02. The predicted molar refractivity (Wildman–Crippen MR) is 158 cm³/mol. The van der Waals surface area contributed by atoms with Gasteiger partial charge in [-0.05, 0) is 66.9 Å². The number of hydrogen-bond donors (Lipinski definition) is 0. The summed E-state index contributed by atoms with van der Waals surface area (Å²) in [6, 6.07) is 24.2. The molecule has 0 amide bonds. The molecule has 0 spiro atoms. The average molecular weight is 547 g/mol. The molecule has 2 atom stereocenters. The minimum Gasteiger partial charge on any atom is -0.493 e. The van der Waals surface area contributed by atoms with Gasteiger partial charge >= 0.3 is 5.97 Å². The molecule has 1 heterocycles. The van der Waals surface area contributed by atoms with E-state index in [-0.39, 0.29) is 23.0 Å². The van der Waals surface area contributed by atoms with E-state index in [4.69, 9.17) is 18.6 Å². The summed E-state index contributed by atoms with van der Waals surface area (Å²) in [4.78, 5) is 12.0. The SMILES string of the molecule is CCOC(=O)c1cccc(OCCc2ccc3c(c2)OC[C@@H](Cc2ccccc2)[C@@H]3O[Si](C)(C)C(C)(C)C)c1. The standard InChI is InChI=1S/C33H42O5Si/c1-7-35-32(34)26-14-11-15-28(22-26)36-19-18-25-16-17-29-30(21-25)37-23-27(20-24-12-9-8-10-13-24)31(29)38-39(5,6)33(2,3)4/h8-17,21-22,27,31H,7,18-20,23H2,1-6H3/t27-,31+/m1/s1. The molecule has 0 N–H and O–H groups in total. The van der Waals surface area contributed by atoms with Crippen LogP contribution >= 0.6 is 0 Å². The van der Waals surface area contributed by atoms with Crippen LogP contribution in [0.15, 0.2) is 72.8 Å². The maximum absolute atomic E-state index is 12.0. The molecule has 0 radical (unpaired) electrons. The van der Waals surface area contributed by atoms with Crippen molar-refractivity contribution in [3.05, 3.63) is 95.1 Å². The highest BCUT2D eigenvalue weighted by Crippen LogP contribution is 2.46. The van der Waals surface area contributed by atoms with E-state index in [1.54, 1.807) is 19.1 Å². The van der Waals surface area contributed by atoms with E-state index in [1.165, 1.54) is 5.56 Å². The molecule has 3 aromatic carbocycles. The predicted octanol–water partition coefficient (Wildman–Crippen LogP) is 7.80. The maximum Gasteiger partial charge on any atom is 0.338 e. The molecule has 0 unspecified atom stereocenters. The van der Waals surface area contributed by atoms with Gasteiger partial charge in [-0.2, -0.15) is 0 Å². The summed E-state index contributed by atoms with van der Waals surface area (Å²) in [5.74, 6) is 1.47. The fraction of sp³-hybridized carbons (Fsp3) is 0.424. The summed E-state index contributed by atoms with van der Waals surface area (Å²) < 4.78 is 24.5. The summed E-state index contributed by atoms with van der Waals surface area (Å²) in [5.41, 5.74) is 4.08. The number of fused-ring (bicyclic) bond motifs is 1. The first-order valence-electron chi connectivity index (χ1n) is 13.9. The Balaban J connectivity index is 1.48. The first-order chi connectivity index (χ1) is 18.6. The molecule has 0 aliphatic carbocycles. The molecule has 39 heavy (non-hydrogen) atoms. The highest BCUT2D eigenvalue weighted by Gasteiger charge is 2.43. The van der Waals surface area contributed by atoms with Gasteiger partial charge in [-0.3, -0.25) is 0 Å². The van der Waals surface area contributed by atoms with Crippen LogP contribution in [0.1, 0.15) is 60.8 Å². The summed E-state index contributed by atoms with van der Waals surface area (Å²) in [6.45, 7) is 14.8. The Kier molecular flexibility index (Phi) is 9.18. The Morgan fingerprint density at radius 1 is 0.974 bits per heavy atom. The Morgan fingerprint density at radius 3 is 2.46 bits per heavy atom. The lowest BCUT2D eigenvalue weighted by Crippen LogP contribution is -2.45. The van der Waals surface area contributed by atoms with Crippen molar-refractivity contribution >= 4 is 14.3 Å². The number of benzene rings is 3. The maximum atomic E-state index is 12.0. The minimum atomic E-state index is -2.02. The van der Waals surface area contributed by atoms with E-state index in [0.29, 0.717) is 31.1 Å². The van der Waals surface area contributed by atoms with E-state index in [9.17, 15) is 4.79 Å². The molecule has 0 saturated heterocycles. The van der Waals surface area contributed by atoms with Crippen molar-refractivity contribution < 1.29 is 23.4 Å². The molecule has 0 aromatic heterocycles. The number of esters is 1. The second-order valence-electron chi connectivity index (χ2n) is 11.8. The van der Waals surface area contributed by atoms with E-state index in [0.717, 1.165) is 29.7 Å². The number of carbonyl (C=O) groups excluding carboxylic acids is 1. The number of hydrogen-bond acceptors (Lipinski definition) is 5. The van der Waals surface area contributed by atoms with Gasteiger partial charge in [0.15, 0.2) is 8.32 Å². The number of rotatable bonds is 10. The molecular weight excluding hydrogens is 504 g/mol. The van der Waals surface area contributed by atoms with Crippen molar-refractivity contribution in [3.63, 3.8) is 0 Å². The van der Waals surface area contributed by atoms with Crippen molar-refractivity contribution in [2.24, 2.45) is 5.92 Å². The largest absolute Gasteiger partial charge is 0.493 e. The molecule has 6 heteroatoms. The summed E-state index contributed by atoms with van der Waals surface area (Å²) >= 11 is 0. The molecule has 1 aliphatic heterocycles. The third-order valence-corrected chi connectivity index (χ3v) is 12.3. The first kappa shape index (κ1) is 28.9. The quantitative estimate of drug-likeness (QED) is 0.192. The highest BCUT2D eigenvalue weighted by molar-refractivity contribution is 6.74. The number of ether oxygens (including phenoxy) is 3. The molecule has 0 saturated carbocycles. The van der Waals surface area contributed by atoms with Crippen LogP contribution in [-0.2, 0) is 22.0 Å². The smallest absolute Gasteiger partial charge is 0.338 e. The van der Waals surface area contributed by atoms with Gasteiger partial charge in [-0.15, -0.1) is 0 Å². The van der Waals surface area contributed by atoms with Crippen molar-refractivity contribution in [3.8, 4) is 11.5 Å². The van der Waals surface area contributed by atoms with E-state index < -0.39 is 8.32 Å². The van der Waals surface area contributed by atoms with Crippen LogP contribution in [0.4, 0.5) is 0 Å². The Morgan fingerprint density at radius 2 is 1.74 bits per heavy atom. The first-order valence-corrected chi connectivity index (χ1v) is 16.9. The van der Waals surface area contributed by atoms with Crippen LogP contribution in [0.2, 0.25) is 18.1 Å². The molecule has 0 fully saturated rings. The molecule has 208 valence electrons. The molecule has 1 aliphatic rings. The third kappa shape index (κ3) is 7.31. The average Bonchev–Trinajstić information content (AvgIpc) is 2.90. The molecular formula is C33H42O5Si. The molecule has 5 nitrogen and oxygen atoms in total. The zero-order valence-electron chi connectivity index (χ0n) is 24.2. The van der Waals surface area contributed by atoms with Crippen LogP contribution in [0, 0.1) is 5.92 Å². The van der Waals surface area contributed by atoms with E-state index >= 15 is 0 Å². The highest BCUT2D eigenvalue weighted by atomic mass is 28.4. The van der Waals surface area contributed by atoms with Crippen molar-refractivity contribution in [1.29, 1.82) is 0 Å². The Labute approximate surface area is 234 Å². The van der Waals surface area contributed by atoms with Crippen LogP contribution in [0.25, 0.3) is 0 Å². The van der Waals surface area contributed by atoms with E-state index in [1.807, 2.05) is 12.1 Å². The topological polar surface area (TPSA) is 54.0 Å². The van der Waals surface area contributed by atoms with Crippen molar-refractivity contribution in [1.82, 2.24) is 0 Å². The van der Waals surface area contributed by atoms with Gasteiger partial charge in [0.05, 0.1) is 31.5 Å². The van der Waals surface area contributed by atoms with Crippen LogP contribution in [0.3, 0.4) is 0 Å².